The van der Waals surface area contributed by atoms with Gasteiger partial charge in [-0.05, 0) is 25.1 Å². The lowest BCUT2D eigenvalue weighted by Gasteiger charge is -2.09. The molecule has 2 heterocycles. The summed E-state index contributed by atoms with van der Waals surface area (Å²) in [6.07, 6.45) is 3.05. The summed E-state index contributed by atoms with van der Waals surface area (Å²) >= 11 is 3.46. The van der Waals surface area contributed by atoms with E-state index >= 15 is 0 Å². The Morgan fingerprint density at radius 1 is 1.00 bits per heavy atom. The Labute approximate surface area is 170 Å². The van der Waals surface area contributed by atoms with Gasteiger partial charge in [0.05, 0.1) is 16.9 Å². The topological polar surface area (TPSA) is 72.7 Å². The number of rotatable bonds is 4. The van der Waals surface area contributed by atoms with E-state index in [-0.39, 0.29) is 5.91 Å². The molecule has 0 aliphatic heterocycles. The predicted molar refractivity (Wildman–Crippen MR) is 111 cm³/mol. The molecule has 1 amide bonds. The summed E-state index contributed by atoms with van der Waals surface area (Å²) in [6, 6.07) is 19.1. The van der Waals surface area contributed by atoms with E-state index in [0.29, 0.717) is 17.2 Å². The minimum atomic E-state index is -0.296. The normalized spacial score (nSPS) is 10.6. The van der Waals surface area contributed by atoms with Crippen LogP contribution in [0.4, 0.5) is 5.82 Å². The number of benzene rings is 2. The summed E-state index contributed by atoms with van der Waals surface area (Å²) in [5.74, 6) is 0.857. The van der Waals surface area contributed by atoms with E-state index in [1.165, 1.54) is 12.4 Å². The van der Waals surface area contributed by atoms with Gasteiger partial charge in [-0.1, -0.05) is 52.3 Å². The van der Waals surface area contributed by atoms with Gasteiger partial charge in [0, 0.05) is 28.5 Å². The largest absolute Gasteiger partial charge is 0.306 e. The first-order valence-corrected chi connectivity index (χ1v) is 9.41. The highest BCUT2D eigenvalue weighted by atomic mass is 79.9. The van der Waals surface area contributed by atoms with Crippen LogP contribution in [0.5, 0.6) is 0 Å². The highest BCUT2D eigenvalue weighted by Crippen LogP contribution is 2.21. The van der Waals surface area contributed by atoms with Crippen LogP contribution < -0.4 is 5.32 Å². The third-order valence-electron chi connectivity index (χ3n) is 4.07. The number of carbonyl (C=O) groups is 1. The average molecular weight is 434 g/mol. The fraction of sp³-hybridized carbons (Fsp3) is 0.0476. The van der Waals surface area contributed by atoms with Gasteiger partial charge in [0.25, 0.3) is 5.91 Å². The van der Waals surface area contributed by atoms with E-state index in [2.05, 4.69) is 36.3 Å². The summed E-state index contributed by atoms with van der Waals surface area (Å²) < 4.78 is 2.62. The molecule has 0 saturated carbocycles. The maximum absolute atomic E-state index is 12.7. The Hall–Kier alpha value is -3.32. The Morgan fingerprint density at radius 2 is 1.75 bits per heavy atom. The van der Waals surface area contributed by atoms with Crippen molar-refractivity contribution in [2.75, 3.05) is 5.32 Å². The molecule has 0 bridgehead atoms. The van der Waals surface area contributed by atoms with Crippen LogP contribution in [0.25, 0.3) is 17.1 Å². The van der Waals surface area contributed by atoms with E-state index in [1.54, 1.807) is 4.68 Å². The highest BCUT2D eigenvalue weighted by Gasteiger charge is 2.14. The number of aromatic nitrogens is 4. The van der Waals surface area contributed by atoms with Gasteiger partial charge in [-0.25, -0.2) is 14.6 Å². The molecule has 0 spiro atoms. The summed E-state index contributed by atoms with van der Waals surface area (Å²) in [5, 5.41) is 7.36. The molecule has 0 radical (unpaired) electrons. The molecule has 0 aliphatic rings. The van der Waals surface area contributed by atoms with Gasteiger partial charge >= 0.3 is 0 Å². The molecule has 4 aromatic rings. The average Bonchev–Trinajstić information content (AvgIpc) is 3.09. The minimum Gasteiger partial charge on any atom is -0.306 e. The van der Waals surface area contributed by atoms with Crippen LogP contribution >= 0.6 is 15.9 Å². The Bertz CT molecular complexity index is 1120. The monoisotopic (exact) mass is 433 g/mol. The first-order valence-electron chi connectivity index (χ1n) is 8.61. The quantitative estimate of drug-likeness (QED) is 0.508. The molecule has 0 atom stereocenters. The maximum atomic E-state index is 12.7. The highest BCUT2D eigenvalue weighted by molar-refractivity contribution is 9.10. The van der Waals surface area contributed by atoms with Crippen LogP contribution in [0, 0.1) is 6.92 Å². The van der Waals surface area contributed by atoms with E-state index in [1.807, 2.05) is 67.6 Å². The van der Waals surface area contributed by atoms with Crippen LogP contribution in [0.2, 0.25) is 0 Å². The second-order valence-corrected chi connectivity index (χ2v) is 7.09. The van der Waals surface area contributed by atoms with Crippen molar-refractivity contribution in [3.05, 3.63) is 88.8 Å². The Kier molecular flexibility index (Phi) is 4.99. The predicted octanol–water partition coefficient (Wildman–Crippen LogP) is 4.65. The molecule has 0 fully saturated rings. The van der Waals surface area contributed by atoms with Gasteiger partial charge in [0.15, 0.2) is 5.82 Å². The van der Waals surface area contributed by atoms with Crippen molar-refractivity contribution in [1.29, 1.82) is 0 Å². The third-order valence-corrected chi connectivity index (χ3v) is 4.57. The number of aryl methyl sites for hydroxylation is 1. The molecule has 4 rings (SSSR count). The second kappa shape index (κ2) is 7.74. The second-order valence-electron chi connectivity index (χ2n) is 6.18. The van der Waals surface area contributed by atoms with Crippen LogP contribution in [0.15, 0.2) is 77.5 Å². The Balaban J connectivity index is 1.58. The van der Waals surface area contributed by atoms with Crippen LogP contribution in [0.1, 0.15) is 16.1 Å². The molecule has 1 N–H and O–H groups in total. The number of halogens is 1. The third kappa shape index (κ3) is 3.84. The fourth-order valence-corrected chi connectivity index (χ4v) is 3.15. The van der Waals surface area contributed by atoms with Crippen molar-refractivity contribution in [1.82, 2.24) is 19.7 Å². The van der Waals surface area contributed by atoms with Crippen molar-refractivity contribution >= 4 is 27.7 Å². The SMILES string of the molecule is Cc1cc(NC(=O)c2cnc(-c3ccccc3)nc2)n(-c2cccc(Br)c2)n1. The zero-order chi connectivity index (χ0) is 19.5. The number of carbonyl (C=O) groups excluding carboxylic acids is 1. The lowest BCUT2D eigenvalue weighted by Crippen LogP contribution is -2.15. The lowest BCUT2D eigenvalue weighted by atomic mass is 10.2. The van der Waals surface area contributed by atoms with Crippen molar-refractivity contribution < 1.29 is 4.79 Å². The van der Waals surface area contributed by atoms with Crippen molar-refractivity contribution in [2.45, 2.75) is 6.92 Å². The molecule has 138 valence electrons. The standard InChI is InChI=1S/C21H16BrN5O/c1-14-10-19(27(26-14)18-9-5-8-17(22)11-18)25-21(28)16-12-23-20(24-13-16)15-6-3-2-4-7-15/h2-13H,1H3,(H,25,28). The van der Waals surface area contributed by atoms with Crippen molar-refractivity contribution in [2.24, 2.45) is 0 Å². The van der Waals surface area contributed by atoms with E-state index in [4.69, 9.17) is 0 Å². The van der Waals surface area contributed by atoms with Gasteiger partial charge in [0.1, 0.15) is 5.82 Å². The van der Waals surface area contributed by atoms with Gasteiger partial charge < -0.3 is 5.32 Å². The first-order chi connectivity index (χ1) is 13.6. The van der Waals surface area contributed by atoms with Crippen molar-refractivity contribution in [3.63, 3.8) is 0 Å². The number of hydrogen-bond acceptors (Lipinski definition) is 4. The zero-order valence-corrected chi connectivity index (χ0v) is 16.6. The summed E-state index contributed by atoms with van der Waals surface area (Å²) in [5.41, 5.74) is 2.91. The number of nitrogens with one attached hydrogen (secondary N) is 1. The van der Waals surface area contributed by atoms with E-state index in [0.717, 1.165) is 21.4 Å². The minimum absolute atomic E-state index is 0.296. The number of nitrogens with zero attached hydrogens (tertiary/aromatic N) is 4. The summed E-state index contributed by atoms with van der Waals surface area (Å²) in [4.78, 5) is 21.3. The number of amides is 1. The zero-order valence-electron chi connectivity index (χ0n) is 15.0. The molecular weight excluding hydrogens is 418 g/mol. The molecule has 6 nitrogen and oxygen atoms in total. The molecule has 7 heteroatoms. The molecular formula is C21H16BrN5O. The Morgan fingerprint density at radius 3 is 2.46 bits per heavy atom. The van der Waals surface area contributed by atoms with Gasteiger partial charge in [0.2, 0.25) is 0 Å². The summed E-state index contributed by atoms with van der Waals surface area (Å²) in [7, 11) is 0. The molecule has 2 aromatic carbocycles. The molecule has 2 aromatic heterocycles. The van der Waals surface area contributed by atoms with Crippen LogP contribution in [0.3, 0.4) is 0 Å². The number of anilines is 1. The fourth-order valence-electron chi connectivity index (χ4n) is 2.76. The van der Waals surface area contributed by atoms with Crippen LogP contribution in [-0.4, -0.2) is 25.7 Å². The van der Waals surface area contributed by atoms with Gasteiger partial charge in [-0.2, -0.15) is 5.10 Å². The molecule has 28 heavy (non-hydrogen) atoms. The lowest BCUT2D eigenvalue weighted by molar-refractivity contribution is 0.102. The van der Waals surface area contributed by atoms with E-state index in [9.17, 15) is 4.79 Å². The van der Waals surface area contributed by atoms with Crippen molar-refractivity contribution in [3.8, 4) is 17.1 Å². The summed E-state index contributed by atoms with van der Waals surface area (Å²) in [6.45, 7) is 1.88. The van der Waals surface area contributed by atoms with Gasteiger partial charge in [-0.3, -0.25) is 4.79 Å². The molecule has 0 saturated heterocycles. The molecule has 0 unspecified atom stereocenters. The van der Waals surface area contributed by atoms with Crippen LogP contribution in [-0.2, 0) is 0 Å². The number of hydrogen-bond donors (Lipinski definition) is 1. The van der Waals surface area contributed by atoms with E-state index < -0.39 is 0 Å². The molecule has 0 aliphatic carbocycles. The maximum Gasteiger partial charge on any atom is 0.259 e. The first kappa shape index (κ1) is 18.1. The van der Waals surface area contributed by atoms with Gasteiger partial charge in [-0.15, -0.1) is 0 Å². The smallest absolute Gasteiger partial charge is 0.259 e.